The summed E-state index contributed by atoms with van der Waals surface area (Å²) in [6.07, 6.45) is -4.73. The van der Waals surface area contributed by atoms with Crippen LogP contribution in [-0.4, -0.2) is 38.6 Å². The Morgan fingerprint density at radius 3 is 2.29 bits per heavy atom. The van der Waals surface area contributed by atoms with Crippen LogP contribution >= 0.6 is 0 Å². The van der Waals surface area contributed by atoms with E-state index in [2.05, 4.69) is 25.3 Å². The number of aromatic nitrogens is 2. The molecule has 0 spiro atoms. The lowest BCUT2D eigenvalue weighted by Crippen LogP contribution is -2.29. The average molecular weight is 492 g/mol. The van der Waals surface area contributed by atoms with Crippen molar-refractivity contribution in [2.75, 3.05) is 30.8 Å². The lowest BCUT2D eigenvalue weighted by molar-refractivity contribution is -0.141. The van der Waals surface area contributed by atoms with Crippen LogP contribution in [0.5, 0.6) is 5.75 Å². The number of hydrogen-bond acceptors (Lipinski definition) is 8. The van der Waals surface area contributed by atoms with Crippen LogP contribution in [0.25, 0.3) is 0 Å². The number of alkyl halides is 3. The van der Waals surface area contributed by atoms with E-state index in [1.807, 2.05) is 6.07 Å². The molecule has 0 bridgehead atoms. The molecule has 0 saturated heterocycles. The first kappa shape index (κ1) is 24.7. The first-order valence-corrected chi connectivity index (χ1v) is 11.2. The molecule has 0 saturated carbocycles. The Hall–Kier alpha value is -3.89. The number of ether oxygens (including phenoxy) is 1. The molecule has 0 atom stereocenters. The van der Waals surface area contributed by atoms with Gasteiger partial charge in [0.1, 0.15) is 11.6 Å². The maximum Gasteiger partial charge on any atom is 0.433 e. The fourth-order valence-corrected chi connectivity index (χ4v) is 3.74. The first-order valence-electron chi connectivity index (χ1n) is 9.72. The molecule has 34 heavy (non-hydrogen) atoms. The predicted octanol–water partition coefficient (Wildman–Crippen LogP) is 3.51. The maximum absolute atomic E-state index is 13.3. The van der Waals surface area contributed by atoms with Gasteiger partial charge in [0.25, 0.3) is 0 Å². The van der Waals surface area contributed by atoms with Crippen molar-refractivity contribution in [2.24, 2.45) is 0 Å². The molecule has 1 heterocycles. The molecule has 9 nitrogen and oxygen atoms in total. The van der Waals surface area contributed by atoms with Gasteiger partial charge in [0.05, 0.1) is 23.6 Å². The molecule has 3 N–H and O–H groups in total. The summed E-state index contributed by atoms with van der Waals surface area (Å²) < 4.78 is 71.9. The highest BCUT2D eigenvalue weighted by atomic mass is 32.2. The molecule has 0 radical (unpaired) electrons. The zero-order valence-electron chi connectivity index (χ0n) is 17.7. The van der Waals surface area contributed by atoms with Gasteiger partial charge in [0, 0.05) is 24.8 Å². The second-order valence-electron chi connectivity index (χ2n) is 6.77. The van der Waals surface area contributed by atoms with E-state index in [9.17, 15) is 21.6 Å². The van der Waals surface area contributed by atoms with Gasteiger partial charge in [-0.1, -0.05) is 0 Å². The van der Waals surface area contributed by atoms with Crippen molar-refractivity contribution in [3.05, 3.63) is 65.9 Å². The smallest absolute Gasteiger partial charge is 0.433 e. The summed E-state index contributed by atoms with van der Waals surface area (Å²) in [6.45, 7) is -0.209. The largest absolute Gasteiger partial charge is 0.497 e. The Bertz CT molecular complexity index is 1280. The number of hydrogen-bond donors (Lipinski definition) is 3. The molecular formula is C21H19F3N6O3S. The van der Waals surface area contributed by atoms with Crippen LogP contribution < -0.4 is 20.1 Å². The number of sulfonamides is 1. The molecule has 0 aliphatic heterocycles. The van der Waals surface area contributed by atoms with Gasteiger partial charge in [-0.05, 0) is 48.5 Å². The Morgan fingerprint density at radius 1 is 1.03 bits per heavy atom. The van der Waals surface area contributed by atoms with Gasteiger partial charge in [-0.3, -0.25) is 0 Å². The van der Waals surface area contributed by atoms with E-state index >= 15 is 0 Å². The number of nitrogens with zero attached hydrogens (tertiary/aromatic N) is 3. The third-order valence-corrected chi connectivity index (χ3v) is 5.85. The van der Waals surface area contributed by atoms with Gasteiger partial charge in [-0.2, -0.15) is 23.4 Å². The fraction of sp³-hybridized carbons (Fsp3) is 0.190. The van der Waals surface area contributed by atoms with Gasteiger partial charge < -0.3 is 15.4 Å². The molecule has 1 aromatic heterocycles. The Balaban J connectivity index is 1.68. The minimum Gasteiger partial charge on any atom is -0.497 e. The number of anilines is 3. The standard InChI is InChI=1S/C21H19F3N6O3S/c1-33-16-6-8-17(9-7-16)34(31,32)27-11-10-26-20-29-18(21(22,23)24)12-19(30-20)28-15-4-2-14(13-25)3-5-15/h2-9,12,27H,10-11H2,1H3,(H2,26,28,29,30). The molecule has 178 valence electrons. The molecule has 0 unspecified atom stereocenters. The van der Waals surface area contributed by atoms with Crippen molar-refractivity contribution >= 4 is 27.5 Å². The Kier molecular flexibility index (Phi) is 7.54. The van der Waals surface area contributed by atoms with Crippen molar-refractivity contribution in [3.63, 3.8) is 0 Å². The minimum atomic E-state index is -4.73. The molecule has 3 aromatic rings. The highest BCUT2D eigenvalue weighted by molar-refractivity contribution is 7.89. The lowest BCUT2D eigenvalue weighted by Gasteiger charge is -2.13. The molecule has 2 aromatic carbocycles. The predicted molar refractivity (Wildman–Crippen MR) is 118 cm³/mol. The average Bonchev–Trinajstić information content (AvgIpc) is 2.82. The van der Waals surface area contributed by atoms with Crippen LogP contribution in [0.15, 0.2) is 59.5 Å². The maximum atomic E-state index is 13.3. The first-order chi connectivity index (χ1) is 16.1. The monoisotopic (exact) mass is 492 g/mol. The second kappa shape index (κ2) is 10.4. The van der Waals surface area contributed by atoms with E-state index in [0.29, 0.717) is 17.0 Å². The van der Waals surface area contributed by atoms with Gasteiger partial charge in [0.2, 0.25) is 16.0 Å². The summed E-state index contributed by atoms with van der Waals surface area (Å²) in [7, 11) is -2.37. The number of nitrogens with one attached hydrogen (secondary N) is 3. The van der Waals surface area contributed by atoms with E-state index in [-0.39, 0.29) is 29.8 Å². The van der Waals surface area contributed by atoms with Crippen LogP contribution in [0.1, 0.15) is 11.3 Å². The lowest BCUT2D eigenvalue weighted by atomic mass is 10.2. The van der Waals surface area contributed by atoms with Crippen LogP contribution in [0.2, 0.25) is 0 Å². The molecule has 0 amide bonds. The topological polar surface area (TPSA) is 129 Å². The zero-order valence-corrected chi connectivity index (χ0v) is 18.5. The number of halogens is 3. The third-order valence-electron chi connectivity index (χ3n) is 4.37. The number of methoxy groups -OCH3 is 1. The minimum absolute atomic E-state index is 0.0116. The quantitative estimate of drug-likeness (QED) is 0.387. The van der Waals surface area contributed by atoms with Crippen molar-refractivity contribution in [1.82, 2.24) is 14.7 Å². The highest BCUT2D eigenvalue weighted by Crippen LogP contribution is 2.30. The van der Waals surface area contributed by atoms with Crippen molar-refractivity contribution in [2.45, 2.75) is 11.1 Å². The van der Waals surface area contributed by atoms with Crippen molar-refractivity contribution in [1.29, 1.82) is 5.26 Å². The zero-order chi connectivity index (χ0) is 24.8. The molecule has 13 heteroatoms. The van der Waals surface area contributed by atoms with Gasteiger partial charge >= 0.3 is 6.18 Å². The summed E-state index contributed by atoms with van der Waals surface area (Å²) in [5, 5.41) is 14.2. The Labute approximate surface area is 193 Å². The summed E-state index contributed by atoms with van der Waals surface area (Å²) in [5.74, 6) is 0.0238. The van der Waals surface area contributed by atoms with Crippen molar-refractivity contribution in [3.8, 4) is 11.8 Å². The molecule has 0 fully saturated rings. The van der Waals surface area contributed by atoms with E-state index in [1.54, 1.807) is 0 Å². The van der Waals surface area contributed by atoms with Crippen LogP contribution in [0, 0.1) is 11.3 Å². The summed E-state index contributed by atoms with van der Waals surface area (Å²) >= 11 is 0. The summed E-state index contributed by atoms with van der Waals surface area (Å²) in [4.78, 5) is 7.48. The van der Waals surface area contributed by atoms with E-state index < -0.39 is 21.9 Å². The third kappa shape index (κ3) is 6.56. The number of nitriles is 1. The molecule has 3 rings (SSSR count). The van der Waals surface area contributed by atoms with E-state index in [1.165, 1.54) is 55.6 Å². The van der Waals surface area contributed by atoms with Crippen molar-refractivity contribution < 1.29 is 26.3 Å². The normalized spacial score (nSPS) is 11.5. The van der Waals surface area contributed by atoms with Crippen LogP contribution in [0.3, 0.4) is 0 Å². The van der Waals surface area contributed by atoms with Gasteiger partial charge in [-0.25, -0.2) is 18.1 Å². The van der Waals surface area contributed by atoms with E-state index in [0.717, 1.165) is 6.07 Å². The van der Waals surface area contributed by atoms with E-state index in [4.69, 9.17) is 10.00 Å². The van der Waals surface area contributed by atoms with Crippen LogP contribution in [-0.2, 0) is 16.2 Å². The number of benzene rings is 2. The highest BCUT2D eigenvalue weighted by Gasteiger charge is 2.33. The summed E-state index contributed by atoms with van der Waals surface area (Å²) in [6, 6.07) is 14.5. The van der Waals surface area contributed by atoms with Gasteiger partial charge in [0.15, 0.2) is 5.69 Å². The SMILES string of the molecule is COc1ccc(S(=O)(=O)NCCNc2nc(Nc3ccc(C#N)cc3)cc(C(F)(F)F)n2)cc1. The Morgan fingerprint density at radius 2 is 1.71 bits per heavy atom. The molecular weight excluding hydrogens is 473 g/mol. The second-order valence-corrected chi connectivity index (χ2v) is 8.54. The summed E-state index contributed by atoms with van der Waals surface area (Å²) in [5.41, 5.74) is -0.368. The van der Waals surface area contributed by atoms with Gasteiger partial charge in [-0.15, -0.1) is 0 Å². The molecule has 0 aliphatic carbocycles. The molecule has 0 aliphatic rings. The number of rotatable bonds is 9. The van der Waals surface area contributed by atoms with Crippen LogP contribution in [0.4, 0.5) is 30.6 Å². The fourth-order valence-electron chi connectivity index (χ4n) is 2.71.